The predicted molar refractivity (Wildman–Crippen MR) is 53.8 cm³/mol. The number of rotatable bonds is 7. The minimum absolute atomic E-state index is 0.0613. The molecule has 0 bridgehead atoms. The number of hydrogen-bond donors (Lipinski definition) is 2. The molecule has 0 aliphatic rings. The summed E-state index contributed by atoms with van der Waals surface area (Å²) in [7, 11) is 0. The normalized spacial score (nSPS) is 13.6. The van der Waals surface area contributed by atoms with Crippen LogP contribution >= 0.6 is 0 Å². The molecule has 16 heavy (non-hydrogen) atoms. The fourth-order valence-electron chi connectivity index (χ4n) is 1.04. The first-order chi connectivity index (χ1) is 7.31. The van der Waals surface area contributed by atoms with Crippen LogP contribution in [-0.4, -0.2) is 34.7 Å². The number of aliphatic carboxylic acids is 2. The summed E-state index contributed by atoms with van der Waals surface area (Å²) < 4.78 is 4.61. The second-order valence-corrected chi connectivity index (χ2v) is 3.56. The topological polar surface area (TPSA) is 101 Å². The molecule has 0 saturated heterocycles. The molecule has 0 aliphatic carbocycles. The van der Waals surface area contributed by atoms with Gasteiger partial charge in [0.15, 0.2) is 0 Å². The fourth-order valence-corrected chi connectivity index (χ4v) is 1.04. The van der Waals surface area contributed by atoms with E-state index >= 15 is 0 Å². The number of carboxylic acid groups (broad SMARTS) is 2. The van der Waals surface area contributed by atoms with Crippen LogP contribution in [0, 0.1) is 5.41 Å². The van der Waals surface area contributed by atoms with Crippen LogP contribution in [0.2, 0.25) is 0 Å². The van der Waals surface area contributed by atoms with Gasteiger partial charge >= 0.3 is 17.9 Å². The van der Waals surface area contributed by atoms with Gasteiger partial charge in [-0.3, -0.25) is 9.59 Å². The summed E-state index contributed by atoms with van der Waals surface area (Å²) in [6.45, 7) is 4.32. The highest BCUT2D eigenvalue weighted by Gasteiger charge is 2.35. The van der Waals surface area contributed by atoms with Gasteiger partial charge in [0.05, 0.1) is 18.4 Å². The van der Waals surface area contributed by atoms with Crippen molar-refractivity contribution in [3.63, 3.8) is 0 Å². The van der Waals surface area contributed by atoms with E-state index in [0.29, 0.717) is 0 Å². The maximum absolute atomic E-state index is 10.9. The van der Waals surface area contributed by atoms with E-state index in [1.54, 1.807) is 0 Å². The minimum atomic E-state index is -1.44. The molecule has 1 atom stereocenters. The monoisotopic (exact) mass is 230 g/mol. The van der Waals surface area contributed by atoms with E-state index < -0.39 is 29.7 Å². The Hall–Kier alpha value is -1.85. The van der Waals surface area contributed by atoms with Crippen LogP contribution in [0.5, 0.6) is 0 Å². The number of hydrogen-bond acceptors (Lipinski definition) is 4. The third-order valence-corrected chi connectivity index (χ3v) is 2.12. The molecule has 2 N–H and O–H groups in total. The summed E-state index contributed by atoms with van der Waals surface area (Å²) >= 11 is 0. The molecule has 0 amide bonds. The first-order valence-corrected chi connectivity index (χ1v) is 4.56. The van der Waals surface area contributed by atoms with Gasteiger partial charge in [0.2, 0.25) is 0 Å². The lowest BCUT2D eigenvalue weighted by molar-refractivity contribution is -0.156. The Morgan fingerprint density at radius 2 is 1.94 bits per heavy atom. The molecule has 0 rings (SSSR count). The van der Waals surface area contributed by atoms with Gasteiger partial charge in [0.1, 0.15) is 0 Å². The molecule has 6 heteroatoms. The first-order valence-electron chi connectivity index (χ1n) is 4.56. The van der Waals surface area contributed by atoms with Crippen LogP contribution in [0.1, 0.15) is 19.8 Å². The number of esters is 1. The Bertz CT molecular complexity index is 308. The predicted octanol–water partition coefficient (Wildman–Crippen LogP) is 0.671. The minimum Gasteiger partial charge on any atom is -0.481 e. The molecule has 0 spiro atoms. The van der Waals surface area contributed by atoms with E-state index in [-0.39, 0.29) is 13.0 Å². The maximum Gasteiger partial charge on any atom is 0.330 e. The zero-order valence-electron chi connectivity index (χ0n) is 8.93. The second-order valence-electron chi connectivity index (χ2n) is 3.56. The van der Waals surface area contributed by atoms with Gasteiger partial charge in [-0.2, -0.15) is 0 Å². The lowest BCUT2D eigenvalue weighted by Gasteiger charge is -2.22. The van der Waals surface area contributed by atoms with Gasteiger partial charge in [-0.25, -0.2) is 4.79 Å². The second kappa shape index (κ2) is 5.89. The van der Waals surface area contributed by atoms with Gasteiger partial charge < -0.3 is 14.9 Å². The molecule has 0 aromatic carbocycles. The summed E-state index contributed by atoms with van der Waals surface area (Å²) in [5.74, 6) is -3.10. The van der Waals surface area contributed by atoms with Gasteiger partial charge in [-0.05, 0) is 13.3 Å². The van der Waals surface area contributed by atoms with Crippen LogP contribution in [0.15, 0.2) is 12.7 Å². The molecule has 0 fully saturated rings. The van der Waals surface area contributed by atoms with E-state index in [4.69, 9.17) is 10.2 Å². The van der Waals surface area contributed by atoms with Gasteiger partial charge in [0.25, 0.3) is 0 Å². The van der Waals surface area contributed by atoms with Crippen molar-refractivity contribution in [3.05, 3.63) is 12.7 Å². The van der Waals surface area contributed by atoms with Crippen LogP contribution in [0.25, 0.3) is 0 Å². The molecular weight excluding hydrogens is 216 g/mol. The Balaban J connectivity index is 4.34. The molecule has 0 saturated carbocycles. The van der Waals surface area contributed by atoms with E-state index in [1.807, 2.05) is 0 Å². The third-order valence-electron chi connectivity index (χ3n) is 2.12. The van der Waals surface area contributed by atoms with Crippen LogP contribution < -0.4 is 0 Å². The van der Waals surface area contributed by atoms with Crippen LogP contribution in [-0.2, 0) is 19.1 Å². The van der Waals surface area contributed by atoms with Gasteiger partial charge in [-0.15, -0.1) is 0 Å². The molecule has 6 nitrogen and oxygen atoms in total. The largest absolute Gasteiger partial charge is 0.481 e. The lowest BCUT2D eigenvalue weighted by Crippen LogP contribution is -2.32. The summed E-state index contributed by atoms with van der Waals surface area (Å²) in [6.07, 6.45) is 0.373. The average molecular weight is 230 g/mol. The molecule has 0 aliphatic heterocycles. The number of ether oxygens (including phenoxy) is 1. The highest BCUT2D eigenvalue weighted by molar-refractivity contribution is 5.82. The molecular formula is C10H14O6. The van der Waals surface area contributed by atoms with Gasteiger partial charge in [0, 0.05) is 6.08 Å². The maximum atomic E-state index is 10.9. The Kier molecular flexibility index (Phi) is 5.21. The first kappa shape index (κ1) is 14.2. The quantitative estimate of drug-likeness (QED) is 0.492. The lowest BCUT2D eigenvalue weighted by atomic mass is 9.84. The number of carbonyl (C=O) groups excluding carboxylic acids is 1. The molecule has 0 aromatic heterocycles. The van der Waals surface area contributed by atoms with E-state index in [9.17, 15) is 14.4 Å². The summed E-state index contributed by atoms with van der Waals surface area (Å²) in [5, 5.41) is 17.4. The molecule has 0 heterocycles. The summed E-state index contributed by atoms with van der Waals surface area (Å²) in [4.78, 5) is 32.0. The summed E-state index contributed by atoms with van der Waals surface area (Å²) in [6, 6.07) is 0. The van der Waals surface area contributed by atoms with Crippen molar-refractivity contribution in [1.82, 2.24) is 0 Å². The molecule has 1 unspecified atom stereocenters. The van der Waals surface area contributed by atoms with E-state index in [1.165, 1.54) is 6.92 Å². The Morgan fingerprint density at radius 3 is 2.31 bits per heavy atom. The van der Waals surface area contributed by atoms with Crippen molar-refractivity contribution in [2.75, 3.05) is 6.61 Å². The van der Waals surface area contributed by atoms with Crippen molar-refractivity contribution in [1.29, 1.82) is 0 Å². The number of carboxylic acids is 2. The Morgan fingerprint density at radius 1 is 1.38 bits per heavy atom. The molecule has 90 valence electrons. The van der Waals surface area contributed by atoms with Crippen molar-refractivity contribution in [3.8, 4) is 0 Å². The smallest absolute Gasteiger partial charge is 0.330 e. The third kappa shape index (κ3) is 4.59. The zero-order valence-corrected chi connectivity index (χ0v) is 8.93. The summed E-state index contributed by atoms with van der Waals surface area (Å²) in [5.41, 5.74) is -1.44. The number of carbonyl (C=O) groups is 3. The van der Waals surface area contributed by atoms with E-state index in [0.717, 1.165) is 6.08 Å². The highest BCUT2D eigenvalue weighted by atomic mass is 16.5. The highest BCUT2D eigenvalue weighted by Crippen LogP contribution is 2.26. The zero-order chi connectivity index (χ0) is 12.8. The van der Waals surface area contributed by atoms with Gasteiger partial charge in [-0.1, -0.05) is 6.58 Å². The van der Waals surface area contributed by atoms with Crippen LogP contribution in [0.3, 0.4) is 0 Å². The van der Waals surface area contributed by atoms with Crippen LogP contribution in [0.4, 0.5) is 0 Å². The van der Waals surface area contributed by atoms with Crippen molar-refractivity contribution in [2.45, 2.75) is 19.8 Å². The van der Waals surface area contributed by atoms with Crippen molar-refractivity contribution in [2.24, 2.45) is 5.41 Å². The van der Waals surface area contributed by atoms with E-state index in [2.05, 4.69) is 11.3 Å². The molecule has 0 aromatic rings. The van der Waals surface area contributed by atoms with Crippen molar-refractivity contribution >= 4 is 17.9 Å². The SMILES string of the molecule is C=CC(=O)OCCC(C)(CC(=O)O)C(=O)O. The average Bonchev–Trinajstić information content (AvgIpc) is 2.16. The molecule has 0 radical (unpaired) electrons. The van der Waals surface area contributed by atoms with Crippen molar-refractivity contribution < 1.29 is 29.3 Å². The standard InChI is InChI=1S/C10H14O6/c1-3-8(13)16-5-4-10(2,9(14)15)6-7(11)12/h3H,1,4-6H2,2H3,(H,11,12)(H,14,15). The Labute approximate surface area is 92.5 Å². The fraction of sp³-hybridized carbons (Fsp3) is 0.500.